The van der Waals surface area contributed by atoms with Crippen LogP contribution in [0.4, 0.5) is 0 Å². The maximum Gasteiger partial charge on any atom is 0.262 e. The molecule has 0 saturated heterocycles. The lowest BCUT2D eigenvalue weighted by atomic mass is 10.3. The van der Waals surface area contributed by atoms with Gasteiger partial charge in [0.25, 0.3) is 5.24 Å². The van der Waals surface area contributed by atoms with E-state index >= 15 is 0 Å². The Labute approximate surface area is 139 Å². The number of carbonyl (C=O) groups excluding carboxylic acids is 1. The lowest BCUT2D eigenvalue weighted by Gasteiger charge is -2.11. The quantitative estimate of drug-likeness (QED) is 0.707. The highest BCUT2D eigenvalue weighted by Gasteiger charge is 2.11. The van der Waals surface area contributed by atoms with E-state index in [0.717, 1.165) is 0 Å². The first-order valence-electron chi connectivity index (χ1n) is 5.94. The highest BCUT2D eigenvalue weighted by molar-refractivity contribution is 6.64. The van der Waals surface area contributed by atoms with E-state index in [1.165, 1.54) is 0 Å². The standard InChI is InChI=1S/C15H12Cl2O3.ClH/c1-10(15(17)18)19-12-6-8-14(9-7-12)20-13-4-2-11(16)3-5-13;/h2-10H,1H3;1H. The average molecular weight is 348 g/mol. The maximum atomic E-state index is 10.9. The normalized spacial score (nSPS) is 11.2. The summed E-state index contributed by atoms with van der Waals surface area (Å²) in [4.78, 5) is 10.9. The van der Waals surface area contributed by atoms with E-state index < -0.39 is 11.3 Å². The molecule has 0 spiro atoms. The molecule has 0 bridgehead atoms. The molecule has 21 heavy (non-hydrogen) atoms. The van der Waals surface area contributed by atoms with Crippen molar-refractivity contribution < 1.29 is 14.3 Å². The molecule has 0 radical (unpaired) electrons. The molecule has 1 atom stereocenters. The first kappa shape index (κ1) is 17.6. The van der Waals surface area contributed by atoms with Crippen LogP contribution in [-0.2, 0) is 4.79 Å². The van der Waals surface area contributed by atoms with Gasteiger partial charge in [-0.1, -0.05) is 11.6 Å². The van der Waals surface area contributed by atoms with Gasteiger partial charge in [-0.25, -0.2) is 0 Å². The van der Waals surface area contributed by atoms with Crippen LogP contribution in [0.3, 0.4) is 0 Å². The second-order valence-electron chi connectivity index (χ2n) is 4.09. The molecule has 0 aliphatic carbocycles. The lowest BCUT2D eigenvalue weighted by molar-refractivity contribution is -0.117. The predicted octanol–water partition coefficient (Wildman–Crippen LogP) is 5.09. The van der Waals surface area contributed by atoms with Crippen LogP contribution in [0.5, 0.6) is 17.2 Å². The van der Waals surface area contributed by atoms with E-state index in [4.69, 9.17) is 32.7 Å². The van der Waals surface area contributed by atoms with Crippen molar-refractivity contribution in [2.45, 2.75) is 13.0 Å². The van der Waals surface area contributed by atoms with Crippen LogP contribution >= 0.6 is 35.6 Å². The van der Waals surface area contributed by atoms with Gasteiger partial charge in [-0.15, -0.1) is 12.4 Å². The highest BCUT2D eigenvalue weighted by atomic mass is 35.5. The number of hydrogen-bond donors (Lipinski definition) is 0. The summed E-state index contributed by atoms with van der Waals surface area (Å²) < 4.78 is 11.0. The van der Waals surface area contributed by atoms with Crippen LogP contribution in [0.25, 0.3) is 0 Å². The molecule has 0 aromatic heterocycles. The molecule has 2 aromatic rings. The fraction of sp³-hybridized carbons (Fsp3) is 0.133. The smallest absolute Gasteiger partial charge is 0.262 e. The zero-order chi connectivity index (χ0) is 14.5. The van der Waals surface area contributed by atoms with Crippen LogP contribution in [0.15, 0.2) is 48.5 Å². The lowest BCUT2D eigenvalue weighted by Crippen LogP contribution is -2.18. The van der Waals surface area contributed by atoms with Gasteiger partial charge in [-0.2, -0.15) is 0 Å². The van der Waals surface area contributed by atoms with Gasteiger partial charge in [-0.05, 0) is 67.1 Å². The third-order valence-corrected chi connectivity index (χ3v) is 3.06. The third-order valence-electron chi connectivity index (χ3n) is 2.51. The fourth-order valence-corrected chi connectivity index (χ4v) is 1.65. The molecule has 0 aliphatic rings. The molecular weight excluding hydrogens is 335 g/mol. The monoisotopic (exact) mass is 346 g/mol. The Balaban J connectivity index is 0.00000220. The molecule has 2 aromatic carbocycles. The van der Waals surface area contributed by atoms with Gasteiger partial charge >= 0.3 is 0 Å². The molecule has 0 heterocycles. The Hall–Kier alpha value is -1.42. The van der Waals surface area contributed by atoms with Crippen molar-refractivity contribution in [3.63, 3.8) is 0 Å². The maximum absolute atomic E-state index is 10.9. The number of hydrogen-bond acceptors (Lipinski definition) is 3. The second kappa shape index (κ2) is 8.13. The Morgan fingerprint density at radius 3 is 1.86 bits per heavy atom. The Morgan fingerprint density at radius 1 is 0.952 bits per heavy atom. The SMILES string of the molecule is CC(Oc1ccc(Oc2ccc(Cl)cc2)cc1)C(=O)Cl.Cl. The molecule has 0 N–H and O–H groups in total. The summed E-state index contributed by atoms with van der Waals surface area (Å²) in [7, 11) is 0. The van der Waals surface area contributed by atoms with Crippen LogP contribution < -0.4 is 9.47 Å². The molecule has 6 heteroatoms. The molecule has 0 fully saturated rings. The summed E-state index contributed by atoms with van der Waals surface area (Å²) in [5.74, 6) is 1.90. The largest absolute Gasteiger partial charge is 0.482 e. The van der Waals surface area contributed by atoms with Gasteiger partial charge in [0.2, 0.25) is 0 Å². The fourth-order valence-electron chi connectivity index (χ4n) is 1.48. The minimum absolute atomic E-state index is 0. The third kappa shape index (κ3) is 5.46. The van der Waals surface area contributed by atoms with E-state index in [1.54, 1.807) is 55.5 Å². The molecule has 3 nitrogen and oxygen atoms in total. The zero-order valence-electron chi connectivity index (χ0n) is 11.1. The molecular formula is C15H13Cl3O3. The van der Waals surface area contributed by atoms with E-state index in [0.29, 0.717) is 22.3 Å². The first-order valence-corrected chi connectivity index (χ1v) is 6.69. The first-order chi connectivity index (χ1) is 9.54. The predicted molar refractivity (Wildman–Crippen MR) is 86.2 cm³/mol. The van der Waals surface area contributed by atoms with Crippen LogP contribution in [0.1, 0.15) is 6.92 Å². The van der Waals surface area contributed by atoms with Gasteiger partial charge in [0.15, 0.2) is 6.10 Å². The summed E-state index contributed by atoms with van der Waals surface area (Å²) in [5, 5.41) is 0.118. The Morgan fingerprint density at radius 2 is 1.38 bits per heavy atom. The van der Waals surface area contributed by atoms with Crippen molar-refractivity contribution in [1.29, 1.82) is 0 Å². The topological polar surface area (TPSA) is 35.5 Å². The van der Waals surface area contributed by atoms with Crippen molar-refractivity contribution in [2.75, 3.05) is 0 Å². The Bertz CT molecular complexity index is 582. The van der Waals surface area contributed by atoms with Crippen molar-refractivity contribution in [1.82, 2.24) is 0 Å². The number of benzene rings is 2. The summed E-state index contributed by atoms with van der Waals surface area (Å²) in [6, 6.07) is 14.0. The van der Waals surface area contributed by atoms with Crippen LogP contribution in [0.2, 0.25) is 5.02 Å². The van der Waals surface area contributed by atoms with Gasteiger partial charge in [0, 0.05) is 5.02 Å². The van der Waals surface area contributed by atoms with E-state index in [1.807, 2.05) is 0 Å². The molecule has 112 valence electrons. The number of halogens is 3. The highest BCUT2D eigenvalue weighted by Crippen LogP contribution is 2.25. The summed E-state index contributed by atoms with van der Waals surface area (Å²) in [6.45, 7) is 1.59. The molecule has 0 saturated carbocycles. The Kier molecular flexibility index (Phi) is 6.82. The number of carbonyl (C=O) groups is 1. The molecule has 1 unspecified atom stereocenters. The second-order valence-corrected chi connectivity index (χ2v) is 4.90. The van der Waals surface area contributed by atoms with Gasteiger partial charge < -0.3 is 9.47 Å². The van der Waals surface area contributed by atoms with E-state index in [9.17, 15) is 4.79 Å². The van der Waals surface area contributed by atoms with Crippen molar-refractivity contribution >= 4 is 40.9 Å². The van der Waals surface area contributed by atoms with Crippen molar-refractivity contribution in [2.24, 2.45) is 0 Å². The van der Waals surface area contributed by atoms with Crippen molar-refractivity contribution in [3.8, 4) is 17.2 Å². The summed E-state index contributed by atoms with van der Waals surface area (Å²) >= 11 is 11.1. The minimum Gasteiger partial charge on any atom is -0.482 e. The summed E-state index contributed by atoms with van der Waals surface area (Å²) in [6.07, 6.45) is -0.681. The van der Waals surface area contributed by atoms with Crippen molar-refractivity contribution in [3.05, 3.63) is 53.6 Å². The van der Waals surface area contributed by atoms with Gasteiger partial charge in [0.1, 0.15) is 17.2 Å². The average Bonchev–Trinajstić information content (AvgIpc) is 2.43. The van der Waals surface area contributed by atoms with Crippen LogP contribution in [0, 0.1) is 0 Å². The molecule has 0 aliphatic heterocycles. The van der Waals surface area contributed by atoms with E-state index in [-0.39, 0.29) is 12.4 Å². The minimum atomic E-state index is -0.681. The molecule has 0 amide bonds. The van der Waals surface area contributed by atoms with Gasteiger partial charge in [-0.3, -0.25) is 4.79 Å². The number of rotatable bonds is 5. The zero-order valence-corrected chi connectivity index (χ0v) is 13.4. The van der Waals surface area contributed by atoms with Crippen LogP contribution in [-0.4, -0.2) is 11.3 Å². The van der Waals surface area contributed by atoms with Gasteiger partial charge in [0.05, 0.1) is 0 Å². The summed E-state index contributed by atoms with van der Waals surface area (Å²) in [5.41, 5.74) is 0. The molecule has 2 rings (SSSR count). The van der Waals surface area contributed by atoms with E-state index in [2.05, 4.69) is 0 Å². The number of ether oxygens (including phenoxy) is 2.